The van der Waals surface area contributed by atoms with Crippen molar-refractivity contribution in [1.29, 1.82) is 0 Å². The van der Waals surface area contributed by atoms with Gasteiger partial charge >= 0.3 is 0 Å². The van der Waals surface area contributed by atoms with Crippen LogP contribution in [0.15, 0.2) is 88.9 Å². The van der Waals surface area contributed by atoms with E-state index in [0.29, 0.717) is 11.3 Å². The van der Waals surface area contributed by atoms with E-state index in [1.165, 1.54) is 4.90 Å². The third-order valence-electron chi connectivity index (χ3n) is 4.96. The zero-order valence-electron chi connectivity index (χ0n) is 15.7. The first-order chi connectivity index (χ1) is 14.0. The highest BCUT2D eigenvalue weighted by Crippen LogP contribution is 2.42. The molecule has 1 aliphatic heterocycles. The fourth-order valence-electron chi connectivity index (χ4n) is 3.59. The van der Waals surface area contributed by atoms with Crippen molar-refractivity contribution in [1.82, 2.24) is 0 Å². The van der Waals surface area contributed by atoms with Gasteiger partial charge in [0, 0.05) is 15.7 Å². The molecule has 0 bridgehead atoms. The number of Topliss-reactive ketones (excluding diaryl/α,β-unsaturated/α-hetero) is 1. The van der Waals surface area contributed by atoms with Crippen molar-refractivity contribution >= 4 is 39.1 Å². The number of ketones is 1. The molecule has 144 valence electrons. The molecule has 5 heteroatoms. The molecule has 1 amide bonds. The minimum absolute atomic E-state index is 0.0880. The average molecular weight is 448 g/mol. The molecule has 0 aromatic heterocycles. The van der Waals surface area contributed by atoms with Gasteiger partial charge in [-0.15, -0.1) is 0 Å². The summed E-state index contributed by atoms with van der Waals surface area (Å²) in [5, 5.41) is 11.0. The van der Waals surface area contributed by atoms with E-state index in [0.717, 1.165) is 15.6 Å². The van der Waals surface area contributed by atoms with Crippen molar-refractivity contribution in [3.05, 3.63) is 106 Å². The molecule has 3 aromatic carbocycles. The monoisotopic (exact) mass is 447 g/mol. The Morgan fingerprint density at radius 3 is 2.28 bits per heavy atom. The van der Waals surface area contributed by atoms with Crippen molar-refractivity contribution < 1.29 is 14.7 Å². The molecule has 0 radical (unpaired) electrons. The summed E-state index contributed by atoms with van der Waals surface area (Å²) in [5.41, 5.74) is 2.92. The minimum Gasteiger partial charge on any atom is -0.507 e. The van der Waals surface area contributed by atoms with Gasteiger partial charge in [-0.25, -0.2) is 0 Å². The molecule has 0 aliphatic carbocycles. The van der Waals surface area contributed by atoms with Crippen molar-refractivity contribution in [3.63, 3.8) is 0 Å². The van der Waals surface area contributed by atoms with E-state index in [-0.39, 0.29) is 11.3 Å². The zero-order valence-corrected chi connectivity index (χ0v) is 17.3. The Kier molecular flexibility index (Phi) is 5.07. The Balaban J connectivity index is 1.96. The van der Waals surface area contributed by atoms with E-state index in [9.17, 15) is 14.7 Å². The maximum absolute atomic E-state index is 13.0. The van der Waals surface area contributed by atoms with E-state index in [1.807, 2.05) is 55.5 Å². The van der Waals surface area contributed by atoms with Gasteiger partial charge in [0.05, 0.1) is 11.6 Å². The second kappa shape index (κ2) is 7.68. The topological polar surface area (TPSA) is 57.6 Å². The Morgan fingerprint density at radius 1 is 0.931 bits per heavy atom. The molecule has 1 saturated heterocycles. The molecule has 1 fully saturated rings. The Morgan fingerprint density at radius 2 is 1.62 bits per heavy atom. The first kappa shape index (κ1) is 19.2. The van der Waals surface area contributed by atoms with Crippen molar-refractivity contribution in [2.45, 2.75) is 13.0 Å². The van der Waals surface area contributed by atoms with E-state index in [1.54, 1.807) is 30.3 Å². The third kappa shape index (κ3) is 3.49. The number of nitrogens with zero attached hydrogens (tertiary/aromatic N) is 1. The summed E-state index contributed by atoms with van der Waals surface area (Å²) in [4.78, 5) is 27.5. The maximum atomic E-state index is 13.0. The van der Waals surface area contributed by atoms with Crippen molar-refractivity contribution in [2.24, 2.45) is 0 Å². The Bertz CT molecular complexity index is 1120. The third-order valence-corrected chi connectivity index (χ3v) is 5.49. The number of halogens is 1. The normalized spacial score (nSPS) is 18.3. The van der Waals surface area contributed by atoms with Crippen LogP contribution in [0.1, 0.15) is 22.7 Å². The summed E-state index contributed by atoms with van der Waals surface area (Å²) >= 11 is 3.42. The average Bonchev–Trinajstić information content (AvgIpc) is 2.99. The fraction of sp³-hybridized carbons (Fsp3) is 0.0833. The lowest BCUT2D eigenvalue weighted by molar-refractivity contribution is -0.132. The highest BCUT2D eigenvalue weighted by atomic mass is 79.9. The van der Waals surface area contributed by atoms with Crippen LogP contribution in [0.25, 0.3) is 5.76 Å². The van der Waals surface area contributed by atoms with E-state index < -0.39 is 17.7 Å². The Labute approximate surface area is 177 Å². The molecule has 1 atom stereocenters. The summed E-state index contributed by atoms with van der Waals surface area (Å²) in [6.45, 7) is 1.93. The quantitative estimate of drug-likeness (QED) is 0.332. The number of carbonyl (C=O) groups is 2. The number of anilines is 1. The predicted molar refractivity (Wildman–Crippen MR) is 117 cm³/mol. The molecule has 1 aliphatic rings. The number of hydrogen-bond donors (Lipinski definition) is 1. The summed E-state index contributed by atoms with van der Waals surface area (Å²) in [7, 11) is 0. The molecule has 1 N–H and O–H groups in total. The lowest BCUT2D eigenvalue weighted by atomic mass is 9.95. The fourth-order valence-corrected chi connectivity index (χ4v) is 3.85. The number of rotatable bonds is 3. The summed E-state index contributed by atoms with van der Waals surface area (Å²) < 4.78 is 0.886. The number of aliphatic hydroxyl groups is 1. The predicted octanol–water partition coefficient (Wildman–Crippen LogP) is 5.38. The molecule has 0 unspecified atom stereocenters. The van der Waals surface area contributed by atoms with Crippen LogP contribution in [-0.2, 0) is 9.59 Å². The van der Waals surface area contributed by atoms with Crippen LogP contribution >= 0.6 is 15.9 Å². The molecule has 3 aromatic rings. The van der Waals surface area contributed by atoms with Crippen LogP contribution in [0.3, 0.4) is 0 Å². The van der Waals surface area contributed by atoms with Crippen LogP contribution in [-0.4, -0.2) is 16.8 Å². The van der Waals surface area contributed by atoms with E-state index >= 15 is 0 Å². The van der Waals surface area contributed by atoms with E-state index in [4.69, 9.17) is 0 Å². The van der Waals surface area contributed by atoms with Gasteiger partial charge in [-0.1, -0.05) is 70.5 Å². The number of hydrogen-bond acceptors (Lipinski definition) is 3. The number of amides is 1. The second-order valence-corrected chi connectivity index (χ2v) is 7.84. The molecule has 0 spiro atoms. The summed E-state index contributed by atoms with van der Waals surface area (Å²) in [6, 6.07) is 22.9. The van der Waals surface area contributed by atoms with Crippen LogP contribution < -0.4 is 4.90 Å². The van der Waals surface area contributed by atoms with Crippen LogP contribution in [0.2, 0.25) is 0 Å². The molecular formula is C24H18BrNO3. The van der Waals surface area contributed by atoms with Crippen LogP contribution in [0.5, 0.6) is 0 Å². The molecule has 29 heavy (non-hydrogen) atoms. The first-order valence-corrected chi connectivity index (χ1v) is 9.95. The van der Waals surface area contributed by atoms with Gasteiger partial charge < -0.3 is 5.11 Å². The zero-order chi connectivity index (χ0) is 20.5. The standard InChI is InChI=1S/C24H18BrNO3/c1-15-6-5-9-19(14-15)26-21(16-10-12-18(25)13-11-16)20(23(28)24(26)29)22(27)17-7-3-2-4-8-17/h2-14,21,27H,1H3/t21-/m1/s1. The maximum Gasteiger partial charge on any atom is 0.300 e. The summed E-state index contributed by atoms with van der Waals surface area (Å²) in [6.07, 6.45) is 0. The van der Waals surface area contributed by atoms with E-state index in [2.05, 4.69) is 15.9 Å². The molecule has 4 rings (SSSR count). The number of benzene rings is 3. The van der Waals surface area contributed by atoms with Crippen molar-refractivity contribution in [3.8, 4) is 0 Å². The largest absolute Gasteiger partial charge is 0.507 e. The minimum atomic E-state index is -0.717. The summed E-state index contributed by atoms with van der Waals surface area (Å²) in [5.74, 6) is -1.52. The Hall–Kier alpha value is -3.18. The van der Waals surface area contributed by atoms with Gasteiger partial charge in [-0.2, -0.15) is 0 Å². The van der Waals surface area contributed by atoms with Gasteiger partial charge in [0.2, 0.25) is 0 Å². The lowest BCUT2D eigenvalue weighted by Gasteiger charge is -2.25. The molecule has 4 nitrogen and oxygen atoms in total. The molecule has 0 saturated carbocycles. The first-order valence-electron chi connectivity index (χ1n) is 9.16. The van der Waals surface area contributed by atoms with Crippen LogP contribution in [0.4, 0.5) is 5.69 Å². The van der Waals surface area contributed by atoms with Crippen LogP contribution in [0, 0.1) is 6.92 Å². The number of aliphatic hydroxyl groups excluding tert-OH is 1. The lowest BCUT2D eigenvalue weighted by Crippen LogP contribution is -2.29. The van der Waals surface area contributed by atoms with Gasteiger partial charge in [0.25, 0.3) is 11.7 Å². The molecule has 1 heterocycles. The SMILES string of the molecule is Cc1cccc(N2C(=O)C(=O)C(=C(O)c3ccccc3)[C@H]2c2ccc(Br)cc2)c1. The second-order valence-electron chi connectivity index (χ2n) is 6.93. The van der Waals surface area contributed by atoms with Gasteiger partial charge in [0.1, 0.15) is 5.76 Å². The van der Waals surface area contributed by atoms with Gasteiger partial charge in [-0.3, -0.25) is 14.5 Å². The van der Waals surface area contributed by atoms with Gasteiger partial charge in [0.15, 0.2) is 0 Å². The smallest absolute Gasteiger partial charge is 0.300 e. The number of aryl methyl sites for hydroxylation is 1. The van der Waals surface area contributed by atoms with Gasteiger partial charge in [-0.05, 0) is 42.3 Å². The van der Waals surface area contributed by atoms with Crippen molar-refractivity contribution in [2.75, 3.05) is 4.90 Å². The highest BCUT2D eigenvalue weighted by Gasteiger charge is 2.46. The molecular weight excluding hydrogens is 430 g/mol. The number of carbonyl (C=O) groups excluding carboxylic acids is 2. The highest BCUT2D eigenvalue weighted by molar-refractivity contribution is 9.10.